The average molecular weight is 342 g/mol. The lowest BCUT2D eigenvalue weighted by atomic mass is 10.1. The first-order valence-corrected chi connectivity index (χ1v) is 8.43. The molecule has 4 rings (SSSR count). The molecule has 0 spiro atoms. The summed E-state index contributed by atoms with van der Waals surface area (Å²) >= 11 is 2.51. The molecule has 0 bridgehead atoms. The molecule has 23 heavy (non-hydrogen) atoms. The molecule has 2 aromatic rings. The number of hydrogen-bond donors (Lipinski definition) is 1. The summed E-state index contributed by atoms with van der Waals surface area (Å²) in [6.45, 7) is 0. The Morgan fingerprint density at radius 1 is 0.870 bits per heavy atom. The molecule has 114 valence electrons. The summed E-state index contributed by atoms with van der Waals surface area (Å²) in [7, 11) is 1.52. The minimum atomic E-state index is -0.300. The summed E-state index contributed by atoms with van der Waals surface area (Å²) in [5.74, 6) is -0.0520. The molecule has 2 heterocycles. The SMILES string of the molecule is COc1cccc2c1C(=O)/C(=C1\Sc3cccc(O)c3C1=O)S2. The van der Waals surface area contributed by atoms with Crippen LogP contribution in [0.1, 0.15) is 20.7 Å². The van der Waals surface area contributed by atoms with E-state index in [0.29, 0.717) is 26.0 Å². The van der Waals surface area contributed by atoms with Crippen molar-refractivity contribution >= 4 is 35.1 Å². The number of phenolic OH excluding ortho intramolecular Hbond substituents is 1. The number of benzene rings is 2. The van der Waals surface area contributed by atoms with Crippen molar-refractivity contribution in [3.05, 3.63) is 57.3 Å². The number of hydrogen-bond acceptors (Lipinski definition) is 6. The highest BCUT2D eigenvalue weighted by Crippen LogP contribution is 2.52. The summed E-state index contributed by atoms with van der Waals surface area (Å²) in [4.78, 5) is 27.6. The van der Waals surface area contributed by atoms with Crippen LogP contribution >= 0.6 is 23.5 Å². The van der Waals surface area contributed by atoms with Crippen molar-refractivity contribution in [2.75, 3.05) is 7.11 Å². The number of rotatable bonds is 1. The first-order valence-electron chi connectivity index (χ1n) is 6.80. The van der Waals surface area contributed by atoms with Gasteiger partial charge in [0.15, 0.2) is 0 Å². The molecule has 0 atom stereocenters. The van der Waals surface area contributed by atoms with Gasteiger partial charge in [-0.3, -0.25) is 9.59 Å². The third kappa shape index (κ3) is 2.02. The maximum Gasteiger partial charge on any atom is 0.205 e. The summed E-state index contributed by atoms with van der Waals surface area (Å²) in [5.41, 5.74) is 0.771. The van der Waals surface area contributed by atoms with E-state index in [9.17, 15) is 14.7 Å². The topological polar surface area (TPSA) is 63.6 Å². The zero-order chi connectivity index (χ0) is 16.1. The number of aromatic hydroxyl groups is 1. The van der Waals surface area contributed by atoms with Crippen LogP contribution in [0.4, 0.5) is 0 Å². The van der Waals surface area contributed by atoms with E-state index in [1.165, 1.54) is 36.7 Å². The van der Waals surface area contributed by atoms with Crippen LogP contribution in [0.2, 0.25) is 0 Å². The van der Waals surface area contributed by atoms with Crippen LogP contribution in [0.3, 0.4) is 0 Å². The van der Waals surface area contributed by atoms with Gasteiger partial charge in [-0.2, -0.15) is 0 Å². The highest BCUT2D eigenvalue weighted by molar-refractivity contribution is 8.08. The quantitative estimate of drug-likeness (QED) is 0.793. The Labute approximate surface area is 140 Å². The maximum atomic E-state index is 12.8. The van der Waals surface area contributed by atoms with Gasteiger partial charge < -0.3 is 9.84 Å². The maximum absolute atomic E-state index is 12.8. The second kappa shape index (κ2) is 5.18. The van der Waals surface area contributed by atoms with Gasteiger partial charge in [0.1, 0.15) is 11.5 Å². The number of thioether (sulfide) groups is 2. The first kappa shape index (κ1) is 14.4. The fraction of sp³-hybridized carbons (Fsp3) is 0.0588. The molecule has 0 fully saturated rings. The Bertz CT molecular complexity index is 915. The van der Waals surface area contributed by atoms with Gasteiger partial charge in [-0.15, -0.1) is 0 Å². The largest absolute Gasteiger partial charge is 0.507 e. The summed E-state index contributed by atoms with van der Waals surface area (Å²) in [5, 5.41) is 9.92. The van der Waals surface area contributed by atoms with E-state index in [1.807, 2.05) is 12.1 Å². The average Bonchev–Trinajstić information content (AvgIpc) is 3.06. The van der Waals surface area contributed by atoms with E-state index in [-0.39, 0.29) is 22.9 Å². The number of carbonyl (C=O) groups is 2. The lowest BCUT2D eigenvalue weighted by Gasteiger charge is -2.03. The fourth-order valence-electron chi connectivity index (χ4n) is 2.66. The molecular weight excluding hydrogens is 332 g/mol. The van der Waals surface area contributed by atoms with Crippen molar-refractivity contribution in [1.29, 1.82) is 0 Å². The minimum Gasteiger partial charge on any atom is -0.507 e. The molecule has 0 aromatic heterocycles. The van der Waals surface area contributed by atoms with Gasteiger partial charge in [0.2, 0.25) is 11.6 Å². The third-order valence-electron chi connectivity index (χ3n) is 3.71. The van der Waals surface area contributed by atoms with Crippen molar-refractivity contribution in [3.63, 3.8) is 0 Å². The number of phenols is 1. The molecule has 2 aliphatic rings. The molecule has 6 heteroatoms. The van der Waals surface area contributed by atoms with Gasteiger partial charge in [-0.25, -0.2) is 0 Å². The Kier molecular flexibility index (Phi) is 3.25. The van der Waals surface area contributed by atoms with Crippen molar-refractivity contribution in [1.82, 2.24) is 0 Å². The monoisotopic (exact) mass is 342 g/mol. The Balaban J connectivity index is 1.85. The van der Waals surface area contributed by atoms with Gasteiger partial charge >= 0.3 is 0 Å². The van der Waals surface area contributed by atoms with Gasteiger partial charge in [-0.1, -0.05) is 35.7 Å². The minimum absolute atomic E-state index is 0.0545. The number of fused-ring (bicyclic) bond motifs is 2. The predicted octanol–water partition coefficient (Wildman–Crippen LogP) is 3.89. The van der Waals surface area contributed by atoms with Crippen LogP contribution in [0.25, 0.3) is 0 Å². The van der Waals surface area contributed by atoms with Crippen LogP contribution in [-0.4, -0.2) is 23.8 Å². The van der Waals surface area contributed by atoms with E-state index in [4.69, 9.17) is 4.74 Å². The van der Waals surface area contributed by atoms with E-state index >= 15 is 0 Å². The summed E-state index contributed by atoms with van der Waals surface area (Å²) in [6.07, 6.45) is 0. The fourth-order valence-corrected chi connectivity index (χ4v) is 5.00. The number of allylic oxidation sites excluding steroid dienone is 2. The number of methoxy groups -OCH3 is 1. The molecule has 1 N–H and O–H groups in total. The number of ketones is 2. The Morgan fingerprint density at radius 3 is 2.04 bits per heavy atom. The third-order valence-corrected chi connectivity index (χ3v) is 6.15. The molecule has 0 unspecified atom stereocenters. The van der Waals surface area contributed by atoms with E-state index in [2.05, 4.69) is 0 Å². The van der Waals surface area contributed by atoms with Crippen LogP contribution in [0.5, 0.6) is 11.5 Å². The zero-order valence-electron chi connectivity index (χ0n) is 12.0. The number of ether oxygens (including phenoxy) is 1. The van der Waals surface area contributed by atoms with Crippen LogP contribution in [-0.2, 0) is 0 Å². The molecule has 0 radical (unpaired) electrons. The van der Waals surface area contributed by atoms with Crippen LogP contribution < -0.4 is 4.74 Å². The van der Waals surface area contributed by atoms with E-state index < -0.39 is 0 Å². The zero-order valence-corrected chi connectivity index (χ0v) is 13.6. The number of Topliss-reactive ketones (excluding diaryl/α,β-unsaturated/α-hetero) is 2. The smallest absolute Gasteiger partial charge is 0.205 e. The predicted molar refractivity (Wildman–Crippen MR) is 88.5 cm³/mol. The van der Waals surface area contributed by atoms with E-state index in [0.717, 1.165) is 4.90 Å². The Morgan fingerprint density at radius 2 is 1.43 bits per heavy atom. The van der Waals surface area contributed by atoms with E-state index in [1.54, 1.807) is 18.2 Å². The second-order valence-corrected chi connectivity index (χ2v) is 7.11. The number of carbonyl (C=O) groups excluding carboxylic acids is 2. The first-order chi connectivity index (χ1) is 11.1. The van der Waals surface area contributed by atoms with Crippen LogP contribution in [0, 0.1) is 0 Å². The van der Waals surface area contributed by atoms with Crippen molar-refractivity contribution < 1.29 is 19.4 Å². The lowest BCUT2D eigenvalue weighted by molar-refractivity contribution is 0.101. The molecule has 0 aliphatic carbocycles. The second-order valence-electron chi connectivity index (χ2n) is 5.00. The molecular formula is C17H10O4S2. The van der Waals surface area contributed by atoms with Crippen molar-refractivity contribution in [2.24, 2.45) is 0 Å². The molecule has 0 saturated heterocycles. The van der Waals surface area contributed by atoms with Crippen molar-refractivity contribution in [3.8, 4) is 11.5 Å². The Hall–Kier alpha value is -2.18. The molecule has 2 aliphatic heterocycles. The molecule has 2 aromatic carbocycles. The summed E-state index contributed by atoms with van der Waals surface area (Å²) < 4.78 is 5.26. The van der Waals surface area contributed by atoms with Gasteiger partial charge in [0.25, 0.3) is 0 Å². The molecule has 4 nitrogen and oxygen atoms in total. The standard InChI is InChI=1S/C17H10O4S2/c1-21-9-5-3-7-11-13(9)15(20)17(23-11)16-14(19)12-8(18)4-2-6-10(12)22-16/h2-7,18H,1H3/b17-16+. The van der Waals surface area contributed by atoms with Gasteiger partial charge in [-0.05, 0) is 24.3 Å². The highest BCUT2D eigenvalue weighted by atomic mass is 32.2. The molecule has 0 amide bonds. The summed E-state index contributed by atoms with van der Waals surface area (Å²) in [6, 6.07) is 10.3. The molecule has 0 saturated carbocycles. The van der Waals surface area contributed by atoms with Gasteiger partial charge in [0, 0.05) is 9.79 Å². The van der Waals surface area contributed by atoms with Crippen molar-refractivity contribution in [2.45, 2.75) is 9.79 Å². The van der Waals surface area contributed by atoms with Crippen LogP contribution in [0.15, 0.2) is 56.0 Å². The normalized spacial score (nSPS) is 19.0. The lowest BCUT2D eigenvalue weighted by Crippen LogP contribution is -2.03. The highest BCUT2D eigenvalue weighted by Gasteiger charge is 2.38. The van der Waals surface area contributed by atoms with Gasteiger partial charge in [0.05, 0.1) is 28.0 Å².